The zero-order chi connectivity index (χ0) is 20.7. The quantitative estimate of drug-likeness (QED) is 0.836. The van der Waals surface area contributed by atoms with E-state index in [1.165, 1.54) is 0 Å². The van der Waals surface area contributed by atoms with E-state index >= 15 is 0 Å². The lowest BCUT2D eigenvalue weighted by molar-refractivity contribution is -0.0325. The topological polar surface area (TPSA) is 71.5 Å². The molecule has 2 aromatic rings. The maximum Gasteiger partial charge on any atom is 0.414 e. The second-order valence-electron chi connectivity index (χ2n) is 8.36. The van der Waals surface area contributed by atoms with Gasteiger partial charge in [0.25, 0.3) is 0 Å². The number of rotatable bonds is 4. The van der Waals surface area contributed by atoms with Crippen molar-refractivity contribution < 1.29 is 24.1 Å². The summed E-state index contributed by atoms with van der Waals surface area (Å²) in [7, 11) is 0. The van der Waals surface area contributed by atoms with Crippen molar-refractivity contribution in [2.24, 2.45) is 0 Å². The molecule has 1 atom stereocenters. The van der Waals surface area contributed by atoms with E-state index in [1.54, 1.807) is 4.90 Å². The molecule has 158 valence electrons. The monoisotopic (exact) mass is 410 g/mol. The minimum atomic E-state index is -0.878. The molecule has 30 heavy (non-hydrogen) atoms. The Morgan fingerprint density at radius 2 is 1.90 bits per heavy atom. The molecule has 5 rings (SSSR count). The maximum atomic E-state index is 12.3. The van der Waals surface area contributed by atoms with Crippen molar-refractivity contribution in [2.75, 3.05) is 37.9 Å². The van der Waals surface area contributed by atoms with E-state index in [-0.39, 0.29) is 19.0 Å². The smallest absolute Gasteiger partial charge is 0.414 e. The number of likely N-dealkylation sites (tertiary alicyclic amines) is 1. The Morgan fingerprint density at radius 1 is 1.10 bits per heavy atom. The van der Waals surface area contributed by atoms with Crippen molar-refractivity contribution >= 4 is 11.8 Å². The average molecular weight is 410 g/mol. The van der Waals surface area contributed by atoms with Gasteiger partial charge in [0.15, 0.2) is 11.5 Å². The summed E-state index contributed by atoms with van der Waals surface area (Å²) in [5.41, 5.74) is 1.97. The van der Waals surface area contributed by atoms with Crippen LogP contribution in [0.4, 0.5) is 10.5 Å². The molecule has 1 N–H and O–H groups in total. The van der Waals surface area contributed by atoms with Gasteiger partial charge in [-0.1, -0.05) is 18.2 Å². The molecule has 2 fully saturated rings. The second-order valence-corrected chi connectivity index (χ2v) is 8.36. The molecule has 3 aliphatic heterocycles. The maximum absolute atomic E-state index is 12.3. The number of hydrogen-bond acceptors (Lipinski definition) is 6. The van der Waals surface area contributed by atoms with Crippen LogP contribution in [0.5, 0.6) is 11.5 Å². The number of benzene rings is 2. The van der Waals surface area contributed by atoms with Gasteiger partial charge in [-0.15, -0.1) is 0 Å². The summed E-state index contributed by atoms with van der Waals surface area (Å²) in [5.74, 6) is 1.42. The number of cyclic esters (lactones) is 1. The Balaban J connectivity index is 1.19. The summed E-state index contributed by atoms with van der Waals surface area (Å²) >= 11 is 0. The number of aryl methyl sites for hydroxylation is 1. The van der Waals surface area contributed by atoms with Crippen LogP contribution in [-0.2, 0) is 10.3 Å². The first-order chi connectivity index (χ1) is 14.5. The number of carbonyl (C=O) groups excluding carboxylic acids is 1. The Hall–Kier alpha value is -2.77. The van der Waals surface area contributed by atoms with Crippen molar-refractivity contribution in [1.29, 1.82) is 0 Å². The standard InChI is InChI=1S/C23H26N2O5/c1-16-3-2-4-18(11-16)25-14-19(30-22(25)26)13-24-9-7-23(27,8-10-24)17-5-6-20-21(12-17)29-15-28-20/h2-6,11-12,19,27H,7-10,13-15H2,1H3. The molecular formula is C23H26N2O5. The van der Waals surface area contributed by atoms with Gasteiger partial charge < -0.3 is 19.3 Å². The van der Waals surface area contributed by atoms with E-state index in [2.05, 4.69) is 4.90 Å². The highest BCUT2D eigenvalue weighted by atomic mass is 16.7. The molecule has 1 unspecified atom stereocenters. The number of fused-ring (bicyclic) bond motifs is 1. The second kappa shape index (κ2) is 7.49. The van der Waals surface area contributed by atoms with E-state index in [9.17, 15) is 9.90 Å². The van der Waals surface area contributed by atoms with Gasteiger partial charge in [-0.05, 0) is 55.2 Å². The van der Waals surface area contributed by atoms with Crippen molar-refractivity contribution in [3.05, 3.63) is 53.6 Å². The molecule has 2 aromatic carbocycles. The molecule has 7 heteroatoms. The number of carbonyl (C=O) groups is 1. The van der Waals surface area contributed by atoms with Crippen molar-refractivity contribution in [1.82, 2.24) is 4.90 Å². The van der Waals surface area contributed by atoms with Gasteiger partial charge in [-0.3, -0.25) is 9.80 Å². The number of anilines is 1. The number of hydrogen-bond donors (Lipinski definition) is 1. The fourth-order valence-electron chi connectivity index (χ4n) is 4.49. The molecule has 0 aromatic heterocycles. The van der Waals surface area contributed by atoms with Crippen LogP contribution in [0.2, 0.25) is 0 Å². The summed E-state index contributed by atoms with van der Waals surface area (Å²) in [6, 6.07) is 13.6. The first-order valence-electron chi connectivity index (χ1n) is 10.4. The van der Waals surface area contributed by atoms with Gasteiger partial charge in [-0.2, -0.15) is 0 Å². The van der Waals surface area contributed by atoms with Crippen LogP contribution in [0.15, 0.2) is 42.5 Å². The van der Waals surface area contributed by atoms with Crippen molar-refractivity contribution in [3.63, 3.8) is 0 Å². The predicted molar refractivity (Wildman–Crippen MR) is 111 cm³/mol. The molecule has 0 spiro atoms. The molecule has 7 nitrogen and oxygen atoms in total. The fraction of sp³-hybridized carbons (Fsp3) is 0.435. The van der Waals surface area contributed by atoms with Crippen LogP contribution in [0.3, 0.4) is 0 Å². The first kappa shape index (κ1) is 19.2. The van der Waals surface area contributed by atoms with Crippen LogP contribution >= 0.6 is 0 Å². The summed E-state index contributed by atoms with van der Waals surface area (Å²) < 4.78 is 16.4. The molecule has 2 saturated heterocycles. The third-order valence-corrected chi connectivity index (χ3v) is 6.24. The number of amides is 1. The van der Waals surface area contributed by atoms with Gasteiger partial charge in [-0.25, -0.2) is 4.79 Å². The lowest BCUT2D eigenvalue weighted by Gasteiger charge is -2.39. The molecule has 0 bridgehead atoms. The summed E-state index contributed by atoms with van der Waals surface area (Å²) in [6.07, 6.45) is 0.776. The third-order valence-electron chi connectivity index (χ3n) is 6.24. The predicted octanol–water partition coefficient (Wildman–Crippen LogP) is 3.03. The Kier molecular flexibility index (Phi) is 4.79. The highest BCUT2D eigenvalue weighted by Gasteiger charge is 2.38. The van der Waals surface area contributed by atoms with E-state index < -0.39 is 5.60 Å². The zero-order valence-corrected chi connectivity index (χ0v) is 17.0. The fourth-order valence-corrected chi connectivity index (χ4v) is 4.49. The van der Waals surface area contributed by atoms with Crippen molar-refractivity contribution in [2.45, 2.75) is 31.5 Å². The third kappa shape index (κ3) is 3.59. The summed E-state index contributed by atoms with van der Waals surface area (Å²) in [4.78, 5) is 16.3. The largest absolute Gasteiger partial charge is 0.454 e. The Bertz CT molecular complexity index is 954. The van der Waals surface area contributed by atoms with E-state index in [1.807, 2.05) is 49.4 Å². The van der Waals surface area contributed by atoms with Gasteiger partial charge in [0.05, 0.1) is 12.1 Å². The molecule has 0 radical (unpaired) electrons. The summed E-state index contributed by atoms with van der Waals surface area (Å²) in [5, 5.41) is 11.2. The SMILES string of the molecule is Cc1cccc(N2CC(CN3CCC(O)(c4ccc5c(c4)OCO5)CC3)OC2=O)c1. The average Bonchev–Trinajstić information content (AvgIpc) is 3.35. The highest BCUT2D eigenvalue weighted by Crippen LogP contribution is 2.39. The van der Waals surface area contributed by atoms with Gasteiger partial charge >= 0.3 is 6.09 Å². The van der Waals surface area contributed by atoms with Crippen LogP contribution < -0.4 is 14.4 Å². The Labute approximate surface area is 175 Å². The van der Waals surface area contributed by atoms with Crippen LogP contribution in [0, 0.1) is 6.92 Å². The molecule has 3 aliphatic rings. The van der Waals surface area contributed by atoms with Gasteiger partial charge in [0.2, 0.25) is 6.79 Å². The van der Waals surface area contributed by atoms with Crippen LogP contribution in [0.1, 0.15) is 24.0 Å². The van der Waals surface area contributed by atoms with Crippen molar-refractivity contribution in [3.8, 4) is 11.5 Å². The molecule has 1 amide bonds. The Morgan fingerprint density at radius 3 is 2.70 bits per heavy atom. The first-order valence-corrected chi connectivity index (χ1v) is 10.4. The molecule has 3 heterocycles. The number of nitrogens with zero attached hydrogens (tertiary/aromatic N) is 2. The summed E-state index contributed by atoms with van der Waals surface area (Å²) in [6.45, 7) is 4.94. The zero-order valence-electron chi connectivity index (χ0n) is 17.0. The van der Waals surface area contributed by atoms with Crippen LogP contribution in [0.25, 0.3) is 0 Å². The minimum Gasteiger partial charge on any atom is -0.454 e. The molecule has 0 saturated carbocycles. The number of aliphatic hydroxyl groups is 1. The van der Waals surface area contributed by atoms with E-state index in [4.69, 9.17) is 14.2 Å². The molecule has 0 aliphatic carbocycles. The van der Waals surface area contributed by atoms with Crippen LogP contribution in [-0.4, -0.2) is 55.2 Å². The highest BCUT2D eigenvalue weighted by molar-refractivity contribution is 5.89. The lowest BCUT2D eigenvalue weighted by Crippen LogP contribution is -2.45. The van der Waals surface area contributed by atoms with Gasteiger partial charge in [0, 0.05) is 25.3 Å². The molecular weight excluding hydrogens is 384 g/mol. The minimum absolute atomic E-state index is 0.172. The normalized spacial score (nSPS) is 22.9. The number of piperidine rings is 1. The van der Waals surface area contributed by atoms with E-state index in [0.29, 0.717) is 31.7 Å². The lowest BCUT2D eigenvalue weighted by atomic mass is 9.84. The number of ether oxygens (including phenoxy) is 3. The van der Waals surface area contributed by atoms with Gasteiger partial charge in [0.1, 0.15) is 6.10 Å². The van der Waals surface area contributed by atoms with E-state index in [0.717, 1.165) is 35.7 Å².